The van der Waals surface area contributed by atoms with Crippen LogP contribution in [0.4, 0.5) is 20.7 Å². The number of anilines is 2. The molecule has 2 aromatic carbocycles. The zero-order valence-electron chi connectivity index (χ0n) is 25.5. The number of hydrogen-bond donors (Lipinski definition) is 1. The first-order valence-electron chi connectivity index (χ1n) is 14.9. The van der Waals surface area contributed by atoms with Crippen LogP contribution in [0, 0.1) is 0 Å². The highest BCUT2D eigenvalue weighted by molar-refractivity contribution is 6.30. The smallest absolute Gasteiger partial charge is 0.413 e. The number of fused-ring (bicyclic) bond motifs is 1. The van der Waals surface area contributed by atoms with Gasteiger partial charge in [-0.25, -0.2) is 14.2 Å². The molecular formula is C33H40ClFN6O2. The van der Waals surface area contributed by atoms with E-state index in [1.807, 2.05) is 12.1 Å². The van der Waals surface area contributed by atoms with Crippen molar-refractivity contribution >= 4 is 34.8 Å². The second-order valence-electron chi connectivity index (χ2n) is 11.8. The third-order valence-corrected chi connectivity index (χ3v) is 8.13. The number of benzene rings is 2. The fourth-order valence-electron chi connectivity index (χ4n) is 5.90. The van der Waals surface area contributed by atoms with E-state index in [2.05, 4.69) is 46.2 Å². The Kier molecular flexibility index (Phi) is 9.22. The summed E-state index contributed by atoms with van der Waals surface area (Å²) in [4.78, 5) is 22.7. The lowest BCUT2D eigenvalue weighted by molar-refractivity contribution is 0.0635. The monoisotopic (exact) mass is 606 g/mol. The predicted molar refractivity (Wildman–Crippen MR) is 172 cm³/mol. The lowest BCUT2D eigenvalue weighted by atomic mass is 10.0. The van der Waals surface area contributed by atoms with E-state index in [-0.39, 0.29) is 11.5 Å². The van der Waals surface area contributed by atoms with Crippen LogP contribution in [0.5, 0.6) is 0 Å². The summed E-state index contributed by atoms with van der Waals surface area (Å²) in [7, 11) is 0. The normalized spacial score (nSPS) is 14.5. The molecule has 3 heterocycles. The minimum Gasteiger partial charge on any atom is -0.444 e. The van der Waals surface area contributed by atoms with Crippen molar-refractivity contribution in [2.75, 3.05) is 36.4 Å². The number of alkyl halides is 1. The Morgan fingerprint density at radius 2 is 1.79 bits per heavy atom. The molecule has 0 aliphatic carbocycles. The van der Waals surface area contributed by atoms with Crippen molar-refractivity contribution in [3.05, 3.63) is 65.4 Å². The van der Waals surface area contributed by atoms with E-state index < -0.39 is 18.4 Å². The van der Waals surface area contributed by atoms with Gasteiger partial charge >= 0.3 is 6.09 Å². The maximum Gasteiger partial charge on any atom is 0.413 e. The molecule has 0 saturated carbocycles. The molecule has 8 nitrogen and oxygen atoms in total. The van der Waals surface area contributed by atoms with Gasteiger partial charge in [0, 0.05) is 41.0 Å². The number of ether oxygens (including phenoxy) is 1. The van der Waals surface area contributed by atoms with E-state index >= 15 is 0 Å². The quantitative estimate of drug-likeness (QED) is 0.220. The van der Waals surface area contributed by atoms with Crippen LogP contribution in [-0.2, 0) is 11.4 Å². The summed E-state index contributed by atoms with van der Waals surface area (Å²) < 4.78 is 21.8. The van der Waals surface area contributed by atoms with E-state index in [1.54, 1.807) is 51.2 Å². The molecule has 1 aliphatic rings. The third kappa shape index (κ3) is 6.78. The van der Waals surface area contributed by atoms with Crippen LogP contribution < -0.4 is 10.2 Å². The molecule has 5 rings (SSSR count). The Morgan fingerprint density at radius 3 is 2.44 bits per heavy atom. The van der Waals surface area contributed by atoms with Crippen molar-refractivity contribution in [3.63, 3.8) is 0 Å². The number of nitrogens with zero attached hydrogens (tertiary/aromatic N) is 5. The van der Waals surface area contributed by atoms with E-state index in [1.165, 1.54) is 4.52 Å². The van der Waals surface area contributed by atoms with E-state index in [0.29, 0.717) is 27.8 Å². The molecule has 10 heteroatoms. The molecule has 0 bridgehead atoms. The summed E-state index contributed by atoms with van der Waals surface area (Å²) in [5, 5.41) is 7.94. The van der Waals surface area contributed by atoms with Gasteiger partial charge < -0.3 is 14.5 Å². The lowest BCUT2D eigenvalue weighted by Crippen LogP contribution is -2.44. The van der Waals surface area contributed by atoms with Crippen LogP contribution in [0.25, 0.3) is 27.9 Å². The predicted octanol–water partition coefficient (Wildman–Crippen LogP) is 7.84. The van der Waals surface area contributed by atoms with Crippen LogP contribution in [0.3, 0.4) is 0 Å². The zero-order chi connectivity index (χ0) is 30.7. The Labute approximate surface area is 257 Å². The van der Waals surface area contributed by atoms with Crippen molar-refractivity contribution in [1.82, 2.24) is 19.5 Å². The molecule has 0 radical (unpaired) electrons. The Hall–Kier alpha value is -3.69. The summed E-state index contributed by atoms with van der Waals surface area (Å²) in [6.07, 6.45) is 3.27. The zero-order valence-corrected chi connectivity index (χ0v) is 26.3. The molecule has 1 saturated heterocycles. The molecule has 0 spiro atoms. The van der Waals surface area contributed by atoms with Gasteiger partial charge in [-0.3, -0.25) is 5.32 Å². The fourth-order valence-corrected chi connectivity index (χ4v) is 6.09. The highest BCUT2D eigenvalue weighted by Crippen LogP contribution is 2.37. The SMILES string of the molecule is CCN(CC)C1CCN(c2cccc(-c3cnn4c(NC(=O)OC(C)(C)C)c(-c5cccc(Cl)c5)c(CF)nc34)c2)CC1. The van der Waals surface area contributed by atoms with Crippen LogP contribution in [0.1, 0.15) is 53.2 Å². The standard InChI is InChI=1S/C33H40ClFN6O2/c1-6-39(7-2)25-14-16-40(17-15-25)26-13-9-10-22(19-26)27-21-36-41-30(27)37-28(20-35)29(23-11-8-12-24(34)18-23)31(41)38-32(42)43-33(3,4)5/h8-13,18-19,21,25H,6-7,14-17,20H2,1-5H3,(H,38,42). The number of hydrogen-bond acceptors (Lipinski definition) is 6. The van der Waals surface area contributed by atoms with Gasteiger partial charge in [-0.05, 0) is 82.1 Å². The first kappa shape index (κ1) is 30.8. The molecule has 4 aromatic rings. The number of carbonyl (C=O) groups is 1. The molecule has 0 unspecified atom stereocenters. The van der Waals surface area contributed by atoms with Crippen molar-refractivity contribution in [2.45, 2.75) is 65.8 Å². The van der Waals surface area contributed by atoms with Gasteiger partial charge in [0.2, 0.25) is 0 Å². The van der Waals surface area contributed by atoms with Crippen LogP contribution in [0.2, 0.25) is 5.02 Å². The maximum absolute atomic E-state index is 14.7. The van der Waals surface area contributed by atoms with Crippen molar-refractivity contribution in [1.29, 1.82) is 0 Å². The van der Waals surface area contributed by atoms with Gasteiger partial charge in [0.05, 0.1) is 11.9 Å². The first-order valence-corrected chi connectivity index (χ1v) is 15.3. The molecule has 0 atom stereocenters. The fraction of sp³-hybridized carbons (Fsp3) is 0.424. The third-order valence-electron chi connectivity index (χ3n) is 7.90. The van der Waals surface area contributed by atoms with E-state index in [4.69, 9.17) is 21.3 Å². The second-order valence-corrected chi connectivity index (χ2v) is 12.3. The van der Waals surface area contributed by atoms with Crippen LogP contribution in [0.15, 0.2) is 54.7 Å². The Balaban J connectivity index is 1.55. The highest BCUT2D eigenvalue weighted by Gasteiger charge is 2.26. The van der Waals surface area contributed by atoms with Crippen molar-refractivity contribution in [3.8, 4) is 22.3 Å². The summed E-state index contributed by atoms with van der Waals surface area (Å²) in [6.45, 7) is 13.1. The molecule has 43 heavy (non-hydrogen) atoms. The Bertz CT molecular complexity index is 1590. The minimum absolute atomic E-state index is 0.164. The molecule has 2 aromatic heterocycles. The molecule has 1 amide bonds. The first-order chi connectivity index (χ1) is 20.6. The average molecular weight is 607 g/mol. The number of halogens is 2. The van der Waals surface area contributed by atoms with Gasteiger partial charge in [-0.2, -0.15) is 9.61 Å². The number of amides is 1. The van der Waals surface area contributed by atoms with Gasteiger partial charge in [0.25, 0.3) is 0 Å². The van der Waals surface area contributed by atoms with Gasteiger partial charge in [0.1, 0.15) is 18.1 Å². The maximum atomic E-state index is 14.7. The van der Waals surface area contributed by atoms with Gasteiger partial charge in [-0.15, -0.1) is 0 Å². The van der Waals surface area contributed by atoms with Crippen molar-refractivity contribution < 1.29 is 13.9 Å². The molecule has 228 valence electrons. The number of nitrogens with one attached hydrogen (secondary N) is 1. The highest BCUT2D eigenvalue weighted by atomic mass is 35.5. The average Bonchev–Trinajstić information content (AvgIpc) is 3.41. The summed E-state index contributed by atoms with van der Waals surface area (Å²) in [5.41, 5.74) is 3.64. The number of piperidine rings is 1. The summed E-state index contributed by atoms with van der Waals surface area (Å²) in [5.74, 6) is 0.259. The lowest BCUT2D eigenvalue weighted by Gasteiger charge is -2.38. The molecule has 1 fully saturated rings. The summed E-state index contributed by atoms with van der Waals surface area (Å²) >= 11 is 6.30. The van der Waals surface area contributed by atoms with E-state index in [9.17, 15) is 9.18 Å². The van der Waals surface area contributed by atoms with Crippen molar-refractivity contribution in [2.24, 2.45) is 0 Å². The number of carbonyl (C=O) groups excluding carboxylic acids is 1. The topological polar surface area (TPSA) is 75.0 Å². The number of rotatable bonds is 8. The molecule has 1 N–H and O–H groups in total. The Morgan fingerprint density at radius 1 is 1.09 bits per heavy atom. The minimum atomic E-state index is -0.854. The number of aromatic nitrogens is 3. The van der Waals surface area contributed by atoms with E-state index in [0.717, 1.165) is 55.8 Å². The summed E-state index contributed by atoms with van der Waals surface area (Å²) in [6, 6.07) is 15.9. The van der Waals surface area contributed by atoms with Gasteiger partial charge in [0.15, 0.2) is 5.65 Å². The van der Waals surface area contributed by atoms with Crippen LogP contribution >= 0.6 is 11.6 Å². The van der Waals surface area contributed by atoms with Gasteiger partial charge in [-0.1, -0.05) is 49.7 Å². The molecule has 1 aliphatic heterocycles. The second kappa shape index (κ2) is 12.9. The molecular weight excluding hydrogens is 567 g/mol. The largest absolute Gasteiger partial charge is 0.444 e. The van der Waals surface area contributed by atoms with Crippen LogP contribution in [-0.4, -0.2) is 63.4 Å².